The quantitative estimate of drug-likeness (QED) is 0.803. The van der Waals surface area contributed by atoms with Crippen LogP contribution in [0.2, 0.25) is 5.15 Å². The van der Waals surface area contributed by atoms with Crippen LogP contribution in [0.25, 0.3) is 0 Å². The van der Waals surface area contributed by atoms with Gasteiger partial charge in [-0.25, -0.2) is 15.0 Å². The molecule has 2 rings (SSSR count). The normalized spacial score (nSPS) is 10.6. The SMILES string of the molecule is Cc1nc(CN(C)c2ncnc(Cl)c2C)cs1. The van der Waals surface area contributed by atoms with E-state index in [0.29, 0.717) is 5.15 Å². The zero-order valence-electron chi connectivity index (χ0n) is 9.94. The number of thiazole rings is 1. The van der Waals surface area contributed by atoms with Crippen molar-refractivity contribution in [1.29, 1.82) is 0 Å². The zero-order valence-corrected chi connectivity index (χ0v) is 11.5. The highest BCUT2D eigenvalue weighted by atomic mass is 35.5. The number of hydrogen-bond donors (Lipinski definition) is 0. The van der Waals surface area contributed by atoms with Gasteiger partial charge in [0.2, 0.25) is 0 Å². The van der Waals surface area contributed by atoms with Crippen molar-refractivity contribution in [3.05, 3.63) is 33.1 Å². The number of nitrogens with zero attached hydrogens (tertiary/aromatic N) is 4. The molecule has 17 heavy (non-hydrogen) atoms. The lowest BCUT2D eigenvalue weighted by atomic mass is 10.3. The predicted octanol–water partition coefficient (Wildman–Crippen LogP) is 2.84. The van der Waals surface area contributed by atoms with Gasteiger partial charge in [-0.05, 0) is 13.8 Å². The van der Waals surface area contributed by atoms with E-state index in [0.717, 1.165) is 28.6 Å². The molecule has 0 atom stereocenters. The minimum atomic E-state index is 0.497. The molecule has 0 spiro atoms. The minimum absolute atomic E-state index is 0.497. The summed E-state index contributed by atoms with van der Waals surface area (Å²) in [6.45, 7) is 4.64. The molecule has 0 fully saturated rings. The lowest BCUT2D eigenvalue weighted by Gasteiger charge is -2.18. The Balaban J connectivity index is 2.20. The summed E-state index contributed by atoms with van der Waals surface area (Å²) in [6, 6.07) is 0. The van der Waals surface area contributed by atoms with E-state index in [-0.39, 0.29) is 0 Å². The minimum Gasteiger partial charge on any atom is -0.353 e. The Morgan fingerprint density at radius 1 is 1.35 bits per heavy atom. The van der Waals surface area contributed by atoms with E-state index in [2.05, 4.69) is 20.3 Å². The molecular formula is C11H13ClN4S. The van der Waals surface area contributed by atoms with Crippen LogP contribution < -0.4 is 4.90 Å². The van der Waals surface area contributed by atoms with Gasteiger partial charge < -0.3 is 4.90 Å². The fourth-order valence-electron chi connectivity index (χ4n) is 1.60. The van der Waals surface area contributed by atoms with E-state index >= 15 is 0 Å². The van der Waals surface area contributed by atoms with Gasteiger partial charge in [-0.3, -0.25) is 0 Å². The topological polar surface area (TPSA) is 41.9 Å². The number of anilines is 1. The van der Waals surface area contributed by atoms with Crippen LogP contribution in [0.4, 0.5) is 5.82 Å². The van der Waals surface area contributed by atoms with Gasteiger partial charge in [-0.1, -0.05) is 11.6 Å². The maximum absolute atomic E-state index is 5.97. The van der Waals surface area contributed by atoms with E-state index in [4.69, 9.17) is 11.6 Å². The summed E-state index contributed by atoms with van der Waals surface area (Å²) >= 11 is 7.63. The highest BCUT2D eigenvalue weighted by Crippen LogP contribution is 2.22. The number of halogens is 1. The van der Waals surface area contributed by atoms with Gasteiger partial charge in [0, 0.05) is 18.0 Å². The van der Waals surface area contributed by atoms with E-state index in [1.165, 1.54) is 6.33 Å². The third-order valence-corrected chi connectivity index (χ3v) is 3.63. The van der Waals surface area contributed by atoms with Crippen LogP contribution in [0.1, 0.15) is 16.3 Å². The number of aryl methyl sites for hydroxylation is 1. The molecule has 0 aliphatic rings. The first-order valence-corrected chi connectivity index (χ1v) is 6.43. The van der Waals surface area contributed by atoms with Crippen molar-refractivity contribution in [3.8, 4) is 0 Å². The summed E-state index contributed by atoms with van der Waals surface area (Å²) < 4.78 is 0. The number of aromatic nitrogens is 3. The Morgan fingerprint density at radius 2 is 2.12 bits per heavy atom. The molecule has 0 radical (unpaired) electrons. The van der Waals surface area contributed by atoms with Crippen LogP contribution in [0.3, 0.4) is 0 Å². The Bertz CT molecular complexity index is 526. The van der Waals surface area contributed by atoms with Gasteiger partial charge in [0.1, 0.15) is 17.3 Å². The Labute approximate surface area is 109 Å². The van der Waals surface area contributed by atoms with Crippen molar-refractivity contribution in [2.75, 3.05) is 11.9 Å². The second-order valence-electron chi connectivity index (χ2n) is 3.83. The molecule has 0 N–H and O–H groups in total. The molecule has 2 aromatic rings. The molecule has 0 bridgehead atoms. The monoisotopic (exact) mass is 268 g/mol. The largest absolute Gasteiger partial charge is 0.353 e. The smallest absolute Gasteiger partial charge is 0.137 e. The zero-order chi connectivity index (χ0) is 12.4. The average molecular weight is 269 g/mol. The summed E-state index contributed by atoms with van der Waals surface area (Å²) in [5, 5.41) is 3.63. The highest BCUT2D eigenvalue weighted by Gasteiger charge is 2.11. The van der Waals surface area contributed by atoms with Gasteiger partial charge in [-0.2, -0.15) is 0 Å². The Morgan fingerprint density at radius 3 is 2.76 bits per heavy atom. The molecule has 0 amide bonds. The maximum atomic E-state index is 5.97. The third-order valence-electron chi connectivity index (χ3n) is 2.42. The fourth-order valence-corrected chi connectivity index (χ4v) is 2.34. The summed E-state index contributed by atoms with van der Waals surface area (Å²) in [6.07, 6.45) is 1.48. The first kappa shape index (κ1) is 12.3. The standard InChI is InChI=1S/C11H13ClN4S/c1-7-10(12)13-6-14-11(7)16(3)4-9-5-17-8(2)15-9/h5-6H,4H2,1-3H3. The van der Waals surface area contributed by atoms with Crippen LogP contribution >= 0.6 is 22.9 Å². The number of rotatable bonds is 3. The lowest BCUT2D eigenvalue weighted by Crippen LogP contribution is -2.19. The molecule has 4 nitrogen and oxygen atoms in total. The molecule has 0 saturated heterocycles. The van der Waals surface area contributed by atoms with Crippen LogP contribution in [0.5, 0.6) is 0 Å². The van der Waals surface area contributed by atoms with Gasteiger partial charge in [0.25, 0.3) is 0 Å². The Kier molecular flexibility index (Phi) is 3.59. The van der Waals surface area contributed by atoms with Gasteiger partial charge in [0.05, 0.1) is 17.2 Å². The summed E-state index contributed by atoms with van der Waals surface area (Å²) in [7, 11) is 1.97. The molecule has 0 unspecified atom stereocenters. The molecule has 0 saturated carbocycles. The first-order chi connectivity index (χ1) is 8.08. The molecule has 2 aromatic heterocycles. The predicted molar refractivity (Wildman–Crippen MR) is 70.7 cm³/mol. The van der Waals surface area contributed by atoms with Crippen LogP contribution in [0.15, 0.2) is 11.7 Å². The fraction of sp³-hybridized carbons (Fsp3) is 0.364. The number of hydrogen-bond acceptors (Lipinski definition) is 5. The second kappa shape index (κ2) is 4.98. The van der Waals surface area contributed by atoms with Gasteiger partial charge in [0.15, 0.2) is 0 Å². The second-order valence-corrected chi connectivity index (χ2v) is 5.25. The van der Waals surface area contributed by atoms with Crippen LogP contribution in [0, 0.1) is 13.8 Å². The van der Waals surface area contributed by atoms with Crippen molar-refractivity contribution in [2.45, 2.75) is 20.4 Å². The molecule has 6 heteroatoms. The van der Waals surface area contributed by atoms with E-state index in [9.17, 15) is 0 Å². The van der Waals surface area contributed by atoms with Crippen molar-refractivity contribution in [2.24, 2.45) is 0 Å². The summed E-state index contributed by atoms with van der Waals surface area (Å²) in [5.74, 6) is 0.843. The van der Waals surface area contributed by atoms with E-state index in [1.807, 2.05) is 25.8 Å². The first-order valence-electron chi connectivity index (χ1n) is 5.17. The Hall–Kier alpha value is -1.20. The van der Waals surface area contributed by atoms with Crippen molar-refractivity contribution < 1.29 is 0 Å². The van der Waals surface area contributed by atoms with Crippen molar-refractivity contribution in [1.82, 2.24) is 15.0 Å². The molecule has 90 valence electrons. The van der Waals surface area contributed by atoms with E-state index < -0.39 is 0 Å². The highest BCUT2D eigenvalue weighted by molar-refractivity contribution is 7.09. The lowest BCUT2D eigenvalue weighted by molar-refractivity contribution is 0.858. The van der Waals surface area contributed by atoms with Crippen molar-refractivity contribution >= 4 is 28.8 Å². The van der Waals surface area contributed by atoms with Crippen LogP contribution in [-0.4, -0.2) is 22.0 Å². The molecule has 0 aliphatic heterocycles. The van der Waals surface area contributed by atoms with Gasteiger partial charge in [-0.15, -0.1) is 11.3 Å². The summed E-state index contributed by atoms with van der Waals surface area (Å²) in [5.41, 5.74) is 1.94. The van der Waals surface area contributed by atoms with Crippen molar-refractivity contribution in [3.63, 3.8) is 0 Å². The third kappa shape index (κ3) is 2.73. The van der Waals surface area contributed by atoms with Crippen LogP contribution in [-0.2, 0) is 6.54 Å². The maximum Gasteiger partial charge on any atom is 0.137 e. The van der Waals surface area contributed by atoms with E-state index in [1.54, 1.807) is 11.3 Å². The average Bonchev–Trinajstić information content (AvgIpc) is 2.68. The van der Waals surface area contributed by atoms with Gasteiger partial charge >= 0.3 is 0 Å². The summed E-state index contributed by atoms with van der Waals surface area (Å²) in [4.78, 5) is 14.6. The molecule has 0 aliphatic carbocycles. The molecule has 2 heterocycles. The molecule has 0 aromatic carbocycles. The molecular weight excluding hydrogens is 256 g/mol.